The first kappa shape index (κ1) is 20.6. The highest BCUT2D eigenvalue weighted by Gasteiger charge is 2.14. The number of hydrogen-bond donors (Lipinski definition) is 0. The molecule has 1 amide bonds. The van der Waals surface area contributed by atoms with Gasteiger partial charge in [-0.25, -0.2) is 0 Å². The molecule has 3 rings (SSSR count). The van der Waals surface area contributed by atoms with Crippen molar-refractivity contribution in [3.05, 3.63) is 71.5 Å². The quantitative estimate of drug-likeness (QED) is 0.555. The molecule has 0 radical (unpaired) electrons. The Kier molecular flexibility index (Phi) is 6.68. The molecule has 148 valence electrons. The van der Waals surface area contributed by atoms with Crippen molar-refractivity contribution < 1.29 is 4.79 Å². The van der Waals surface area contributed by atoms with Crippen molar-refractivity contribution in [3.8, 4) is 11.8 Å². The second-order valence-corrected chi connectivity index (χ2v) is 8.02. The van der Waals surface area contributed by atoms with Gasteiger partial charge in [0, 0.05) is 19.3 Å². The van der Waals surface area contributed by atoms with Gasteiger partial charge in [-0.15, -0.1) is 10.2 Å². The van der Waals surface area contributed by atoms with Crippen molar-refractivity contribution in [2.24, 2.45) is 0 Å². The van der Waals surface area contributed by atoms with Crippen molar-refractivity contribution in [2.45, 2.75) is 31.5 Å². The largest absolute Gasteiger partial charge is 0.341 e. The van der Waals surface area contributed by atoms with Crippen molar-refractivity contribution >= 4 is 17.7 Å². The van der Waals surface area contributed by atoms with E-state index >= 15 is 0 Å². The molecule has 1 heterocycles. The minimum Gasteiger partial charge on any atom is -0.341 e. The highest BCUT2D eigenvalue weighted by atomic mass is 32.2. The number of carbonyl (C=O) groups excluding carboxylic acids is 1. The molecule has 0 saturated carbocycles. The Morgan fingerprint density at radius 2 is 2.00 bits per heavy atom. The van der Waals surface area contributed by atoms with Crippen LogP contribution in [0.5, 0.6) is 0 Å². The summed E-state index contributed by atoms with van der Waals surface area (Å²) in [7, 11) is 1.76. The molecule has 0 N–H and O–H groups in total. The van der Waals surface area contributed by atoms with Gasteiger partial charge >= 0.3 is 0 Å². The molecule has 7 heteroatoms. The molecule has 0 atom stereocenters. The Hall–Kier alpha value is -3.11. The van der Waals surface area contributed by atoms with E-state index in [0.717, 1.165) is 11.3 Å². The fourth-order valence-electron chi connectivity index (χ4n) is 2.86. The number of nitriles is 1. The van der Waals surface area contributed by atoms with Crippen LogP contribution in [0.25, 0.3) is 5.69 Å². The van der Waals surface area contributed by atoms with Crippen molar-refractivity contribution in [1.82, 2.24) is 19.7 Å². The molecule has 0 spiro atoms. The van der Waals surface area contributed by atoms with Crippen LogP contribution in [0, 0.1) is 11.3 Å². The molecule has 0 aliphatic carbocycles. The zero-order valence-electron chi connectivity index (χ0n) is 16.7. The molecule has 0 aliphatic heterocycles. The summed E-state index contributed by atoms with van der Waals surface area (Å²) in [6, 6.07) is 17.7. The molecule has 0 saturated heterocycles. The lowest BCUT2D eigenvalue weighted by molar-refractivity contribution is -0.127. The Morgan fingerprint density at radius 1 is 1.24 bits per heavy atom. The van der Waals surface area contributed by atoms with Gasteiger partial charge < -0.3 is 4.90 Å². The van der Waals surface area contributed by atoms with Gasteiger partial charge in [-0.1, -0.05) is 49.9 Å². The first-order valence-corrected chi connectivity index (χ1v) is 10.3. The number of carbonyl (C=O) groups is 1. The molecular formula is C22H23N5OS. The van der Waals surface area contributed by atoms with Crippen LogP contribution < -0.4 is 0 Å². The van der Waals surface area contributed by atoms with Gasteiger partial charge in [-0.3, -0.25) is 9.36 Å². The molecule has 1 aromatic heterocycles. The third-order valence-electron chi connectivity index (χ3n) is 4.58. The minimum atomic E-state index is -0.0120. The number of benzene rings is 2. The molecule has 3 aromatic rings. The Morgan fingerprint density at radius 3 is 2.69 bits per heavy atom. The van der Waals surface area contributed by atoms with E-state index in [-0.39, 0.29) is 11.7 Å². The second-order valence-electron chi connectivity index (χ2n) is 7.08. The van der Waals surface area contributed by atoms with Gasteiger partial charge in [0.15, 0.2) is 5.16 Å². The topological polar surface area (TPSA) is 74.8 Å². The maximum atomic E-state index is 12.5. The van der Waals surface area contributed by atoms with E-state index in [0.29, 0.717) is 23.2 Å². The number of aromatic nitrogens is 3. The number of hydrogen-bond acceptors (Lipinski definition) is 5. The third kappa shape index (κ3) is 5.24. The Balaban J connectivity index is 1.62. The monoisotopic (exact) mass is 405 g/mol. The van der Waals surface area contributed by atoms with E-state index < -0.39 is 0 Å². The van der Waals surface area contributed by atoms with Gasteiger partial charge in [0.1, 0.15) is 6.33 Å². The molecule has 29 heavy (non-hydrogen) atoms. The predicted octanol–water partition coefficient (Wildman–Crippen LogP) is 4.01. The smallest absolute Gasteiger partial charge is 0.233 e. The summed E-state index contributed by atoms with van der Waals surface area (Å²) in [5.74, 6) is 0.722. The normalized spacial score (nSPS) is 10.7. The summed E-state index contributed by atoms with van der Waals surface area (Å²) in [6.07, 6.45) is 1.66. The standard InChI is InChI=1S/C22H23N5OS/c1-16(2)19-7-9-20(10-8-19)27-15-24-25-22(27)29-14-21(28)26(3)13-18-6-4-5-17(11-18)12-23/h4-11,15-16H,13-14H2,1-3H3. The molecule has 0 fully saturated rings. The van der Waals surface area contributed by atoms with Crippen LogP contribution in [-0.4, -0.2) is 38.4 Å². The summed E-state index contributed by atoms with van der Waals surface area (Å²) in [5, 5.41) is 17.8. The van der Waals surface area contributed by atoms with Crippen LogP contribution in [0.15, 0.2) is 60.0 Å². The number of rotatable bonds is 7. The van der Waals surface area contributed by atoms with Crippen LogP contribution in [0.4, 0.5) is 0 Å². The van der Waals surface area contributed by atoms with Crippen LogP contribution in [0.1, 0.15) is 36.5 Å². The SMILES string of the molecule is CC(C)c1ccc(-n2cnnc2SCC(=O)N(C)Cc2cccc(C#N)c2)cc1. The summed E-state index contributed by atoms with van der Waals surface area (Å²) in [6.45, 7) is 4.78. The first-order chi connectivity index (χ1) is 14.0. The lowest BCUT2D eigenvalue weighted by atomic mass is 10.0. The molecule has 2 aromatic carbocycles. The Labute approximate surface area is 175 Å². The first-order valence-electron chi connectivity index (χ1n) is 9.34. The fraction of sp³-hybridized carbons (Fsp3) is 0.273. The van der Waals surface area contributed by atoms with Gasteiger partial charge in [0.2, 0.25) is 5.91 Å². The highest BCUT2D eigenvalue weighted by molar-refractivity contribution is 7.99. The maximum absolute atomic E-state index is 12.5. The summed E-state index contributed by atoms with van der Waals surface area (Å²) in [4.78, 5) is 14.2. The van der Waals surface area contributed by atoms with Gasteiger partial charge in [0.25, 0.3) is 0 Å². The average Bonchev–Trinajstić information content (AvgIpc) is 3.20. The lowest BCUT2D eigenvalue weighted by Gasteiger charge is -2.17. The fourth-order valence-corrected chi connectivity index (χ4v) is 3.73. The number of amides is 1. The summed E-state index contributed by atoms with van der Waals surface area (Å²) < 4.78 is 1.89. The zero-order chi connectivity index (χ0) is 20.8. The summed E-state index contributed by atoms with van der Waals surface area (Å²) in [5.41, 5.74) is 3.76. The zero-order valence-corrected chi connectivity index (χ0v) is 17.6. The van der Waals surface area contributed by atoms with Crippen molar-refractivity contribution in [1.29, 1.82) is 5.26 Å². The summed E-state index contributed by atoms with van der Waals surface area (Å²) >= 11 is 1.36. The van der Waals surface area contributed by atoms with Crippen LogP contribution in [0.3, 0.4) is 0 Å². The minimum absolute atomic E-state index is 0.0120. The predicted molar refractivity (Wildman–Crippen MR) is 114 cm³/mol. The van der Waals surface area contributed by atoms with Gasteiger partial charge in [-0.05, 0) is 41.3 Å². The number of nitrogens with zero attached hydrogens (tertiary/aromatic N) is 5. The highest BCUT2D eigenvalue weighted by Crippen LogP contribution is 2.22. The van der Waals surface area contributed by atoms with E-state index in [1.54, 1.807) is 30.4 Å². The maximum Gasteiger partial charge on any atom is 0.233 e. The lowest BCUT2D eigenvalue weighted by Crippen LogP contribution is -2.27. The van der Waals surface area contributed by atoms with E-state index in [1.807, 2.05) is 28.8 Å². The van der Waals surface area contributed by atoms with E-state index in [9.17, 15) is 4.79 Å². The van der Waals surface area contributed by atoms with Crippen molar-refractivity contribution in [2.75, 3.05) is 12.8 Å². The van der Waals surface area contributed by atoms with Crippen LogP contribution >= 0.6 is 11.8 Å². The molecule has 0 bridgehead atoms. The van der Waals surface area contributed by atoms with Crippen LogP contribution in [0.2, 0.25) is 0 Å². The molecule has 0 aliphatic rings. The van der Waals surface area contributed by atoms with E-state index in [4.69, 9.17) is 5.26 Å². The number of thioether (sulfide) groups is 1. The third-order valence-corrected chi connectivity index (χ3v) is 5.51. The van der Waals surface area contributed by atoms with Crippen molar-refractivity contribution in [3.63, 3.8) is 0 Å². The van der Waals surface area contributed by atoms with Gasteiger partial charge in [0.05, 0.1) is 17.4 Å². The van der Waals surface area contributed by atoms with E-state index in [2.05, 4.69) is 42.2 Å². The average molecular weight is 406 g/mol. The van der Waals surface area contributed by atoms with Gasteiger partial charge in [-0.2, -0.15) is 5.26 Å². The molecule has 0 unspecified atom stereocenters. The molecular weight excluding hydrogens is 382 g/mol. The molecule has 6 nitrogen and oxygen atoms in total. The second kappa shape index (κ2) is 9.39. The van der Waals surface area contributed by atoms with Crippen LogP contribution in [-0.2, 0) is 11.3 Å². The Bertz CT molecular complexity index is 1020. The van der Waals surface area contributed by atoms with E-state index in [1.165, 1.54) is 17.3 Å².